The molecule has 1 unspecified atom stereocenters. The molecule has 1 aliphatic carbocycles. The molecule has 1 atom stereocenters. The van der Waals surface area contributed by atoms with E-state index in [0.29, 0.717) is 6.54 Å². The molecule has 0 spiro atoms. The maximum absolute atomic E-state index is 12.5. The third kappa shape index (κ3) is 6.59. The van der Waals surface area contributed by atoms with Gasteiger partial charge in [0.15, 0.2) is 0 Å². The summed E-state index contributed by atoms with van der Waals surface area (Å²) in [5, 5.41) is 3.26. The molecule has 0 aromatic rings. The quantitative estimate of drug-likeness (QED) is 0.645. The van der Waals surface area contributed by atoms with Crippen molar-refractivity contribution in [3.8, 4) is 0 Å². The highest BCUT2D eigenvalue weighted by molar-refractivity contribution is 4.89. The maximum atomic E-state index is 12.5. The summed E-state index contributed by atoms with van der Waals surface area (Å²) in [7, 11) is 0. The van der Waals surface area contributed by atoms with Gasteiger partial charge < -0.3 is 5.32 Å². The first-order chi connectivity index (χ1) is 8.44. The van der Waals surface area contributed by atoms with Crippen LogP contribution in [0.4, 0.5) is 13.2 Å². The molecule has 2 nitrogen and oxygen atoms in total. The molecule has 0 saturated heterocycles. The van der Waals surface area contributed by atoms with Crippen LogP contribution in [0.5, 0.6) is 0 Å². The molecule has 1 saturated carbocycles. The first kappa shape index (κ1) is 15.8. The van der Waals surface area contributed by atoms with Gasteiger partial charge in [-0.1, -0.05) is 19.8 Å². The summed E-state index contributed by atoms with van der Waals surface area (Å²) in [6, 6.07) is 0.111. The predicted molar refractivity (Wildman–Crippen MR) is 67.6 cm³/mol. The monoisotopic (exact) mass is 266 g/mol. The molecule has 5 heteroatoms. The van der Waals surface area contributed by atoms with E-state index in [-0.39, 0.29) is 12.1 Å². The summed E-state index contributed by atoms with van der Waals surface area (Å²) in [4.78, 5) is 1.60. The predicted octanol–water partition coefficient (Wildman–Crippen LogP) is 3.18. The molecule has 1 aliphatic rings. The number of hydrogen-bond acceptors (Lipinski definition) is 2. The van der Waals surface area contributed by atoms with Crippen LogP contribution in [0.15, 0.2) is 0 Å². The molecule has 108 valence electrons. The second-order valence-corrected chi connectivity index (χ2v) is 5.28. The highest BCUT2D eigenvalue weighted by atomic mass is 19.4. The third-order valence-corrected chi connectivity index (χ3v) is 3.34. The number of unbranched alkanes of at least 4 members (excludes halogenated alkanes) is 2. The lowest BCUT2D eigenvalue weighted by atomic mass is 10.2. The summed E-state index contributed by atoms with van der Waals surface area (Å²) in [5.41, 5.74) is 0. The van der Waals surface area contributed by atoms with Crippen molar-refractivity contribution in [2.24, 2.45) is 0 Å². The van der Waals surface area contributed by atoms with E-state index in [0.717, 1.165) is 25.8 Å². The number of alkyl halides is 3. The van der Waals surface area contributed by atoms with Crippen LogP contribution in [0.2, 0.25) is 0 Å². The molecule has 18 heavy (non-hydrogen) atoms. The van der Waals surface area contributed by atoms with Crippen LogP contribution in [-0.2, 0) is 0 Å². The number of hydrogen-bond donors (Lipinski definition) is 1. The Kier molecular flexibility index (Phi) is 6.43. The minimum Gasteiger partial charge on any atom is -0.315 e. The number of rotatable bonds is 9. The summed E-state index contributed by atoms with van der Waals surface area (Å²) < 4.78 is 37.4. The molecule has 0 bridgehead atoms. The van der Waals surface area contributed by atoms with Gasteiger partial charge in [-0.3, -0.25) is 4.90 Å². The van der Waals surface area contributed by atoms with Gasteiger partial charge in [-0.25, -0.2) is 0 Å². The van der Waals surface area contributed by atoms with Crippen molar-refractivity contribution in [2.75, 3.05) is 19.6 Å². The van der Waals surface area contributed by atoms with Crippen LogP contribution in [0.25, 0.3) is 0 Å². The van der Waals surface area contributed by atoms with Crippen LogP contribution in [0.1, 0.15) is 46.0 Å². The fourth-order valence-electron chi connectivity index (χ4n) is 2.19. The molecule has 0 amide bonds. The largest absolute Gasteiger partial charge is 0.401 e. The Morgan fingerprint density at radius 3 is 2.44 bits per heavy atom. The average Bonchev–Trinajstić information content (AvgIpc) is 3.08. The molecule has 0 aromatic heterocycles. The van der Waals surface area contributed by atoms with Crippen molar-refractivity contribution >= 4 is 0 Å². The van der Waals surface area contributed by atoms with Gasteiger partial charge in [0.1, 0.15) is 0 Å². The first-order valence-electron chi connectivity index (χ1n) is 6.97. The Balaban J connectivity index is 2.25. The van der Waals surface area contributed by atoms with E-state index in [1.807, 2.05) is 6.92 Å². The van der Waals surface area contributed by atoms with Crippen molar-refractivity contribution < 1.29 is 13.2 Å². The van der Waals surface area contributed by atoms with Crippen molar-refractivity contribution in [2.45, 2.75) is 64.2 Å². The van der Waals surface area contributed by atoms with E-state index in [9.17, 15) is 13.2 Å². The maximum Gasteiger partial charge on any atom is 0.401 e. The van der Waals surface area contributed by atoms with Crippen molar-refractivity contribution in [1.82, 2.24) is 10.2 Å². The van der Waals surface area contributed by atoms with Crippen LogP contribution >= 0.6 is 0 Å². The van der Waals surface area contributed by atoms with E-state index in [1.165, 1.54) is 12.8 Å². The highest BCUT2D eigenvalue weighted by Crippen LogP contribution is 2.31. The standard InChI is InChI=1S/C13H25F3N2/c1-3-4-5-8-17-9-11(2)18(12-6-7-12)10-13(14,15)16/h11-12,17H,3-10H2,1-2H3. The van der Waals surface area contributed by atoms with E-state index < -0.39 is 12.7 Å². The number of nitrogens with zero attached hydrogens (tertiary/aromatic N) is 1. The van der Waals surface area contributed by atoms with Crippen molar-refractivity contribution in [3.63, 3.8) is 0 Å². The number of halogens is 3. The SMILES string of the molecule is CCCCCNCC(C)N(CC(F)(F)F)C1CC1. The van der Waals surface area contributed by atoms with E-state index in [1.54, 1.807) is 4.90 Å². The van der Waals surface area contributed by atoms with Crippen LogP contribution < -0.4 is 5.32 Å². The zero-order valence-electron chi connectivity index (χ0n) is 11.4. The lowest BCUT2D eigenvalue weighted by Crippen LogP contribution is -2.46. The topological polar surface area (TPSA) is 15.3 Å². The molecular formula is C13H25F3N2. The Morgan fingerprint density at radius 2 is 1.94 bits per heavy atom. The lowest BCUT2D eigenvalue weighted by molar-refractivity contribution is -0.151. The van der Waals surface area contributed by atoms with Crippen LogP contribution in [-0.4, -0.2) is 42.8 Å². The molecule has 1 N–H and O–H groups in total. The summed E-state index contributed by atoms with van der Waals surface area (Å²) >= 11 is 0. The zero-order valence-corrected chi connectivity index (χ0v) is 11.4. The summed E-state index contributed by atoms with van der Waals surface area (Å²) in [6.45, 7) is 4.81. The molecule has 0 heterocycles. The smallest absolute Gasteiger partial charge is 0.315 e. The Hall–Kier alpha value is -0.290. The van der Waals surface area contributed by atoms with Gasteiger partial charge in [-0.05, 0) is 32.7 Å². The van der Waals surface area contributed by atoms with Gasteiger partial charge in [0.05, 0.1) is 6.54 Å². The Labute approximate surface area is 108 Å². The van der Waals surface area contributed by atoms with Gasteiger partial charge in [-0.2, -0.15) is 13.2 Å². The van der Waals surface area contributed by atoms with Gasteiger partial charge in [0.25, 0.3) is 0 Å². The second kappa shape index (κ2) is 7.34. The van der Waals surface area contributed by atoms with Gasteiger partial charge in [0, 0.05) is 18.6 Å². The Bertz CT molecular complexity index is 227. The molecular weight excluding hydrogens is 241 g/mol. The van der Waals surface area contributed by atoms with Crippen LogP contribution in [0, 0.1) is 0 Å². The zero-order chi connectivity index (χ0) is 13.6. The average molecular weight is 266 g/mol. The van der Waals surface area contributed by atoms with E-state index >= 15 is 0 Å². The van der Waals surface area contributed by atoms with Crippen molar-refractivity contribution in [3.05, 3.63) is 0 Å². The van der Waals surface area contributed by atoms with Crippen molar-refractivity contribution in [1.29, 1.82) is 0 Å². The van der Waals surface area contributed by atoms with E-state index in [2.05, 4.69) is 12.2 Å². The molecule has 1 rings (SSSR count). The minimum atomic E-state index is -4.08. The molecule has 0 aliphatic heterocycles. The summed E-state index contributed by atoms with van der Waals surface area (Å²) in [6.07, 6.45) is 1.19. The van der Waals surface area contributed by atoms with Crippen LogP contribution in [0.3, 0.4) is 0 Å². The van der Waals surface area contributed by atoms with Gasteiger partial charge in [-0.15, -0.1) is 0 Å². The normalized spacial score (nSPS) is 18.3. The molecule has 0 radical (unpaired) electrons. The molecule has 1 fully saturated rings. The summed E-state index contributed by atoms with van der Waals surface area (Å²) in [5.74, 6) is 0. The lowest BCUT2D eigenvalue weighted by Gasteiger charge is -2.30. The van der Waals surface area contributed by atoms with Gasteiger partial charge >= 0.3 is 6.18 Å². The fraction of sp³-hybridized carbons (Fsp3) is 1.00. The highest BCUT2D eigenvalue weighted by Gasteiger charge is 2.39. The van der Waals surface area contributed by atoms with Gasteiger partial charge in [0.2, 0.25) is 0 Å². The van der Waals surface area contributed by atoms with E-state index in [4.69, 9.17) is 0 Å². The Morgan fingerprint density at radius 1 is 1.28 bits per heavy atom. The third-order valence-electron chi connectivity index (χ3n) is 3.34. The first-order valence-corrected chi connectivity index (χ1v) is 6.97. The molecule has 0 aromatic carbocycles. The minimum absolute atomic E-state index is 0.0410. The fourth-order valence-corrected chi connectivity index (χ4v) is 2.19. The number of nitrogens with one attached hydrogen (secondary N) is 1. The second-order valence-electron chi connectivity index (χ2n) is 5.28.